The molecule has 0 spiro atoms. The molecule has 0 saturated carbocycles. The Morgan fingerprint density at radius 1 is 0.946 bits per heavy atom. The topological polar surface area (TPSA) is 71.7 Å². The molecule has 0 saturated heterocycles. The lowest BCUT2D eigenvalue weighted by atomic mass is 9.99. The molecule has 2 aromatic heterocycles. The minimum absolute atomic E-state index is 0.236. The smallest absolute Gasteiger partial charge is 0.126 e. The number of hydrogen-bond acceptors (Lipinski definition) is 3. The van der Waals surface area contributed by atoms with E-state index in [9.17, 15) is 8.78 Å². The molecule has 4 N–H and O–H groups in total. The molecule has 0 amide bonds. The van der Waals surface area contributed by atoms with Gasteiger partial charge in [0.15, 0.2) is 0 Å². The molecule has 0 unspecified atom stereocenters. The number of nitrogens with one attached hydrogen (secondary N) is 2. The molecular formula is C30H31F2N5. The van der Waals surface area contributed by atoms with Crippen molar-refractivity contribution in [3.05, 3.63) is 114 Å². The molecule has 37 heavy (non-hydrogen) atoms. The highest BCUT2D eigenvalue weighted by molar-refractivity contribution is 5.94. The van der Waals surface area contributed by atoms with Crippen LogP contribution in [0.4, 0.5) is 8.78 Å². The molecule has 0 radical (unpaired) electrons. The molecule has 2 heterocycles. The van der Waals surface area contributed by atoms with Gasteiger partial charge in [0.2, 0.25) is 0 Å². The number of nitrogens with two attached hydrogens (primary N) is 1. The van der Waals surface area contributed by atoms with Crippen molar-refractivity contribution in [1.29, 1.82) is 0 Å². The summed E-state index contributed by atoms with van der Waals surface area (Å²) in [7, 11) is 0. The van der Waals surface area contributed by atoms with E-state index in [4.69, 9.17) is 10.8 Å². The summed E-state index contributed by atoms with van der Waals surface area (Å²) in [5, 5.41) is 9.50. The van der Waals surface area contributed by atoms with Crippen molar-refractivity contribution in [1.82, 2.24) is 20.1 Å². The molecule has 0 aliphatic heterocycles. The van der Waals surface area contributed by atoms with Crippen LogP contribution in [0.5, 0.6) is 0 Å². The summed E-state index contributed by atoms with van der Waals surface area (Å²) in [6.07, 6.45) is 5.18. The number of rotatable bonds is 10. The highest BCUT2D eigenvalue weighted by atomic mass is 19.1. The number of benzene rings is 3. The van der Waals surface area contributed by atoms with E-state index in [1.165, 1.54) is 23.3 Å². The van der Waals surface area contributed by atoms with E-state index < -0.39 is 17.7 Å². The van der Waals surface area contributed by atoms with Crippen molar-refractivity contribution in [2.75, 3.05) is 6.54 Å². The Labute approximate surface area is 215 Å². The van der Waals surface area contributed by atoms with Crippen LogP contribution in [0, 0.1) is 11.6 Å². The van der Waals surface area contributed by atoms with Gasteiger partial charge in [-0.25, -0.2) is 8.78 Å². The van der Waals surface area contributed by atoms with Crippen LogP contribution in [0.2, 0.25) is 0 Å². The minimum atomic E-state index is -0.603. The van der Waals surface area contributed by atoms with Crippen LogP contribution in [0.25, 0.3) is 22.2 Å². The SMILES string of the molecule is CCc1cccc(CNC[C@H]([C@@H](N)Cc2cc(F)cc(F)c2)n2ccc(-c3c[nH]c4ccccc34)n2)c1. The van der Waals surface area contributed by atoms with E-state index in [1.807, 2.05) is 41.3 Å². The molecule has 0 aliphatic carbocycles. The van der Waals surface area contributed by atoms with E-state index in [0.29, 0.717) is 25.1 Å². The van der Waals surface area contributed by atoms with Gasteiger partial charge in [-0.05, 0) is 53.8 Å². The van der Waals surface area contributed by atoms with E-state index in [2.05, 4.69) is 47.6 Å². The predicted molar refractivity (Wildman–Crippen MR) is 144 cm³/mol. The first-order valence-corrected chi connectivity index (χ1v) is 12.6. The number of hydrogen-bond donors (Lipinski definition) is 3. The van der Waals surface area contributed by atoms with Crippen LogP contribution in [0.15, 0.2) is 85.2 Å². The van der Waals surface area contributed by atoms with Crippen LogP contribution in [-0.2, 0) is 19.4 Å². The Balaban J connectivity index is 1.39. The van der Waals surface area contributed by atoms with Crippen molar-refractivity contribution in [3.63, 3.8) is 0 Å². The first kappa shape index (κ1) is 24.9. The zero-order chi connectivity index (χ0) is 25.8. The number of H-pyrrole nitrogens is 1. The average molecular weight is 500 g/mol. The lowest BCUT2D eigenvalue weighted by Crippen LogP contribution is -2.40. The number of fused-ring (bicyclic) bond motifs is 1. The van der Waals surface area contributed by atoms with Gasteiger partial charge in [0.1, 0.15) is 11.6 Å². The normalized spacial score (nSPS) is 13.2. The molecule has 5 rings (SSSR count). The quantitative estimate of drug-likeness (QED) is 0.228. The summed E-state index contributed by atoms with van der Waals surface area (Å²) >= 11 is 0. The second kappa shape index (κ2) is 11.1. The molecular weight excluding hydrogens is 468 g/mol. The molecule has 190 valence electrons. The number of aromatic amines is 1. The van der Waals surface area contributed by atoms with Gasteiger partial charge < -0.3 is 16.0 Å². The van der Waals surface area contributed by atoms with Crippen molar-refractivity contribution in [3.8, 4) is 11.3 Å². The molecule has 2 atom stereocenters. The Morgan fingerprint density at radius 3 is 2.54 bits per heavy atom. The largest absolute Gasteiger partial charge is 0.360 e. The summed E-state index contributed by atoms with van der Waals surface area (Å²) in [5.74, 6) is -1.21. The van der Waals surface area contributed by atoms with Crippen LogP contribution >= 0.6 is 0 Å². The zero-order valence-electron chi connectivity index (χ0n) is 20.8. The third-order valence-electron chi connectivity index (χ3n) is 6.78. The third kappa shape index (κ3) is 5.79. The number of aromatic nitrogens is 3. The molecule has 7 heteroatoms. The maximum atomic E-state index is 13.8. The van der Waals surface area contributed by atoms with Crippen LogP contribution in [0.1, 0.15) is 29.7 Å². The van der Waals surface area contributed by atoms with Gasteiger partial charge in [-0.1, -0.05) is 49.4 Å². The molecule has 3 aromatic carbocycles. The first-order valence-electron chi connectivity index (χ1n) is 12.6. The number of nitrogens with zero attached hydrogens (tertiary/aromatic N) is 2. The highest BCUT2D eigenvalue weighted by Gasteiger charge is 2.22. The van der Waals surface area contributed by atoms with Gasteiger partial charge >= 0.3 is 0 Å². The highest BCUT2D eigenvalue weighted by Crippen LogP contribution is 2.28. The Hall–Kier alpha value is -3.81. The number of halogens is 2. The summed E-state index contributed by atoms with van der Waals surface area (Å²) in [6, 6.07) is 21.4. The van der Waals surface area contributed by atoms with Gasteiger partial charge in [0, 0.05) is 54.1 Å². The molecule has 5 aromatic rings. The van der Waals surface area contributed by atoms with Gasteiger partial charge in [-0.15, -0.1) is 0 Å². The van der Waals surface area contributed by atoms with Gasteiger partial charge in [0.25, 0.3) is 0 Å². The fourth-order valence-corrected chi connectivity index (χ4v) is 4.85. The minimum Gasteiger partial charge on any atom is -0.360 e. The van der Waals surface area contributed by atoms with E-state index in [1.54, 1.807) is 0 Å². The van der Waals surface area contributed by atoms with Crippen LogP contribution in [-0.4, -0.2) is 27.4 Å². The summed E-state index contributed by atoms with van der Waals surface area (Å²) in [4.78, 5) is 3.30. The van der Waals surface area contributed by atoms with Crippen molar-refractivity contribution in [2.24, 2.45) is 5.73 Å². The fraction of sp³-hybridized carbons (Fsp3) is 0.233. The summed E-state index contributed by atoms with van der Waals surface area (Å²) in [6.45, 7) is 3.37. The number of para-hydroxylation sites is 1. The second-order valence-electron chi connectivity index (χ2n) is 9.45. The standard InChI is InChI=1S/C30H31F2N5/c1-2-20-6-5-7-21(12-20)17-34-19-30(27(33)15-22-13-23(31)16-24(32)14-22)37-11-10-29(36-37)26-18-35-28-9-4-3-8-25(26)28/h3-14,16,18,27,30,34-35H,2,15,17,19,33H2,1H3/t27-,30+/m0/s1. The van der Waals surface area contributed by atoms with Crippen molar-refractivity contribution < 1.29 is 8.78 Å². The lowest BCUT2D eigenvalue weighted by molar-refractivity contribution is 0.355. The van der Waals surface area contributed by atoms with Crippen LogP contribution < -0.4 is 11.1 Å². The maximum absolute atomic E-state index is 13.8. The molecule has 0 bridgehead atoms. The summed E-state index contributed by atoms with van der Waals surface area (Å²) < 4.78 is 29.5. The second-order valence-corrected chi connectivity index (χ2v) is 9.45. The predicted octanol–water partition coefficient (Wildman–Crippen LogP) is 5.77. The summed E-state index contributed by atoms with van der Waals surface area (Å²) in [5.41, 5.74) is 12.6. The fourth-order valence-electron chi connectivity index (χ4n) is 4.85. The van der Waals surface area contributed by atoms with Gasteiger partial charge in [0.05, 0.1) is 11.7 Å². The van der Waals surface area contributed by atoms with Crippen LogP contribution in [0.3, 0.4) is 0 Å². The molecule has 0 fully saturated rings. The monoisotopic (exact) mass is 499 g/mol. The average Bonchev–Trinajstić information content (AvgIpc) is 3.53. The van der Waals surface area contributed by atoms with Gasteiger partial charge in [-0.2, -0.15) is 5.10 Å². The maximum Gasteiger partial charge on any atom is 0.126 e. The molecule has 5 nitrogen and oxygen atoms in total. The van der Waals surface area contributed by atoms with Crippen molar-refractivity contribution >= 4 is 10.9 Å². The Bertz CT molecular complexity index is 1470. The van der Waals surface area contributed by atoms with Gasteiger partial charge in [-0.3, -0.25) is 4.68 Å². The Kier molecular flexibility index (Phi) is 7.44. The van der Waals surface area contributed by atoms with E-state index >= 15 is 0 Å². The van der Waals surface area contributed by atoms with Crippen molar-refractivity contribution in [2.45, 2.75) is 38.4 Å². The van der Waals surface area contributed by atoms with E-state index in [-0.39, 0.29) is 6.04 Å². The first-order chi connectivity index (χ1) is 18.0. The van der Waals surface area contributed by atoms with E-state index in [0.717, 1.165) is 34.6 Å². The third-order valence-corrected chi connectivity index (χ3v) is 6.78. The number of aryl methyl sites for hydroxylation is 1. The zero-order valence-corrected chi connectivity index (χ0v) is 20.8. The Morgan fingerprint density at radius 2 is 1.73 bits per heavy atom. The molecule has 0 aliphatic rings. The lowest BCUT2D eigenvalue weighted by Gasteiger charge is -2.25.